The van der Waals surface area contributed by atoms with E-state index >= 15 is 0 Å². The molecular weight excluding hydrogens is 240 g/mol. The van der Waals surface area contributed by atoms with Crippen molar-refractivity contribution in [1.29, 1.82) is 0 Å². The Balaban J connectivity index is 1.85. The quantitative estimate of drug-likeness (QED) is 0.808. The van der Waals surface area contributed by atoms with Gasteiger partial charge in [0.25, 0.3) is 0 Å². The molecule has 4 nitrogen and oxygen atoms in total. The van der Waals surface area contributed by atoms with Gasteiger partial charge in [0.15, 0.2) is 0 Å². The summed E-state index contributed by atoms with van der Waals surface area (Å²) in [5.41, 5.74) is 7.74. The summed E-state index contributed by atoms with van der Waals surface area (Å²) >= 11 is 0. The van der Waals surface area contributed by atoms with Gasteiger partial charge in [-0.2, -0.15) is 0 Å². The highest BCUT2D eigenvalue weighted by molar-refractivity contribution is 5.33. The minimum atomic E-state index is 0.425. The second-order valence-electron chi connectivity index (χ2n) is 4.13. The Bertz CT molecular complexity index is 515. The van der Waals surface area contributed by atoms with Gasteiger partial charge in [-0.3, -0.25) is 0 Å². The Labute approximate surface area is 113 Å². The van der Waals surface area contributed by atoms with E-state index in [1.54, 1.807) is 6.20 Å². The van der Waals surface area contributed by atoms with Crippen molar-refractivity contribution >= 4 is 0 Å². The molecule has 2 aromatic rings. The van der Waals surface area contributed by atoms with Crippen molar-refractivity contribution in [2.24, 2.45) is 5.73 Å². The number of nitrogens with zero attached hydrogens (tertiary/aromatic N) is 1. The Morgan fingerprint density at radius 3 is 2.53 bits per heavy atom. The predicted octanol–water partition coefficient (Wildman–Crippen LogP) is 2.31. The molecular formula is C15H18N2O2. The third-order valence-corrected chi connectivity index (χ3v) is 2.79. The van der Waals surface area contributed by atoms with Crippen LogP contribution >= 0.6 is 0 Å². The van der Waals surface area contributed by atoms with Crippen LogP contribution in [0.1, 0.15) is 11.1 Å². The highest BCUT2D eigenvalue weighted by atomic mass is 16.5. The minimum absolute atomic E-state index is 0.425. The fraction of sp³-hybridized carbons (Fsp3) is 0.267. The topological polar surface area (TPSA) is 57.4 Å². The van der Waals surface area contributed by atoms with Crippen molar-refractivity contribution in [2.45, 2.75) is 13.5 Å². The Hall–Kier alpha value is -2.07. The Kier molecular flexibility index (Phi) is 4.75. The number of ether oxygens (including phenoxy) is 2. The van der Waals surface area contributed by atoms with Gasteiger partial charge >= 0.3 is 0 Å². The molecule has 2 N–H and O–H groups in total. The van der Waals surface area contributed by atoms with E-state index in [1.807, 2.05) is 43.3 Å². The molecule has 0 saturated heterocycles. The lowest BCUT2D eigenvalue weighted by atomic mass is 10.1. The van der Waals surface area contributed by atoms with Crippen LogP contribution in [0, 0.1) is 6.92 Å². The van der Waals surface area contributed by atoms with Crippen LogP contribution in [-0.4, -0.2) is 18.2 Å². The third kappa shape index (κ3) is 3.69. The van der Waals surface area contributed by atoms with E-state index in [4.69, 9.17) is 15.2 Å². The number of benzene rings is 1. The molecule has 0 aliphatic rings. The molecule has 0 bridgehead atoms. The summed E-state index contributed by atoms with van der Waals surface area (Å²) in [6.45, 7) is 3.34. The average molecular weight is 258 g/mol. The standard InChI is InChI=1S/C15H18N2O2/c1-12-7-8-17-15(14(12)11-16)19-10-9-18-13-5-3-2-4-6-13/h2-8H,9-11,16H2,1H3. The summed E-state index contributed by atoms with van der Waals surface area (Å²) in [5.74, 6) is 1.43. The normalized spacial score (nSPS) is 10.2. The van der Waals surface area contributed by atoms with Gasteiger partial charge in [0.05, 0.1) is 0 Å². The van der Waals surface area contributed by atoms with Crippen molar-refractivity contribution < 1.29 is 9.47 Å². The van der Waals surface area contributed by atoms with Crippen LogP contribution in [0.4, 0.5) is 0 Å². The highest BCUT2D eigenvalue weighted by Crippen LogP contribution is 2.18. The summed E-state index contributed by atoms with van der Waals surface area (Å²) in [6.07, 6.45) is 1.72. The SMILES string of the molecule is Cc1ccnc(OCCOc2ccccc2)c1CN. The molecule has 0 spiro atoms. The molecule has 19 heavy (non-hydrogen) atoms. The molecule has 0 fully saturated rings. The smallest absolute Gasteiger partial charge is 0.218 e. The molecule has 1 aromatic carbocycles. The molecule has 0 aliphatic carbocycles. The van der Waals surface area contributed by atoms with Gasteiger partial charge in [-0.15, -0.1) is 0 Å². The van der Waals surface area contributed by atoms with E-state index in [2.05, 4.69) is 4.98 Å². The molecule has 0 aliphatic heterocycles. The van der Waals surface area contributed by atoms with Crippen LogP contribution in [0.2, 0.25) is 0 Å². The summed E-state index contributed by atoms with van der Waals surface area (Å²) in [7, 11) is 0. The molecule has 0 unspecified atom stereocenters. The van der Waals surface area contributed by atoms with Gasteiger partial charge in [0, 0.05) is 18.3 Å². The monoisotopic (exact) mass is 258 g/mol. The van der Waals surface area contributed by atoms with Crippen molar-refractivity contribution in [3.8, 4) is 11.6 Å². The van der Waals surface area contributed by atoms with Crippen LogP contribution in [0.3, 0.4) is 0 Å². The molecule has 0 saturated carbocycles. The van der Waals surface area contributed by atoms with Crippen LogP contribution in [0.25, 0.3) is 0 Å². The van der Waals surface area contributed by atoms with Gasteiger partial charge in [-0.1, -0.05) is 18.2 Å². The maximum atomic E-state index is 5.70. The first-order valence-electron chi connectivity index (χ1n) is 6.26. The number of aromatic nitrogens is 1. The molecule has 2 rings (SSSR count). The number of pyridine rings is 1. The van der Waals surface area contributed by atoms with Crippen LogP contribution < -0.4 is 15.2 Å². The second kappa shape index (κ2) is 6.75. The zero-order chi connectivity index (χ0) is 13.5. The molecule has 0 radical (unpaired) electrons. The molecule has 1 heterocycles. The van der Waals surface area contributed by atoms with Gasteiger partial charge in [0.1, 0.15) is 19.0 Å². The summed E-state index contributed by atoms with van der Waals surface area (Å²) in [6, 6.07) is 11.6. The van der Waals surface area contributed by atoms with E-state index in [0.717, 1.165) is 16.9 Å². The lowest BCUT2D eigenvalue weighted by Gasteiger charge is -2.11. The highest BCUT2D eigenvalue weighted by Gasteiger charge is 2.06. The van der Waals surface area contributed by atoms with Crippen LogP contribution in [-0.2, 0) is 6.54 Å². The lowest BCUT2D eigenvalue weighted by Crippen LogP contribution is -2.12. The number of rotatable bonds is 6. The zero-order valence-electron chi connectivity index (χ0n) is 11.0. The fourth-order valence-electron chi connectivity index (χ4n) is 1.75. The largest absolute Gasteiger partial charge is 0.490 e. The Morgan fingerprint density at radius 2 is 1.79 bits per heavy atom. The summed E-state index contributed by atoms with van der Waals surface area (Å²) < 4.78 is 11.2. The van der Waals surface area contributed by atoms with E-state index in [1.165, 1.54) is 0 Å². The fourth-order valence-corrected chi connectivity index (χ4v) is 1.75. The molecule has 4 heteroatoms. The molecule has 0 atom stereocenters. The Morgan fingerprint density at radius 1 is 1.05 bits per heavy atom. The first-order valence-corrected chi connectivity index (χ1v) is 6.26. The first kappa shape index (κ1) is 13.4. The molecule has 100 valence electrons. The van der Waals surface area contributed by atoms with Crippen LogP contribution in [0.15, 0.2) is 42.6 Å². The van der Waals surface area contributed by atoms with E-state index in [9.17, 15) is 0 Å². The number of hydrogen-bond donors (Lipinski definition) is 1. The molecule has 0 amide bonds. The minimum Gasteiger partial charge on any atom is -0.490 e. The van der Waals surface area contributed by atoms with E-state index in [-0.39, 0.29) is 0 Å². The van der Waals surface area contributed by atoms with Crippen LogP contribution in [0.5, 0.6) is 11.6 Å². The van der Waals surface area contributed by atoms with Crippen molar-refractivity contribution in [3.63, 3.8) is 0 Å². The number of nitrogens with two attached hydrogens (primary N) is 1. The van der Waals surface area contributed by atoms with Gasteiger partial charge in [-0.25, -0.2) is 4.98 Å². The summed E-state index contributed by atoms with van der Waals surface area (Å²) in [5, 5.41) is 0. The second-order valence-corrected chi connectivity index (χ2v) is 4.13. The van der Waals surface area contributed by atoms with Crippen molar-refractivity contribution in [1.82, 2.24) is 4.98 Å². The van der Waals surface area contributed by atoms with Crippen molar-refractivity contribution in [3.05, 3.63) is 53.7 Å². The first-order chi connectivity index (χ1) is 9.31. The molecule has 1 aromatic heterocycles. The zero-order valence-corrected chi connectivity index (χ0v) is 11.0. The number of para-hydroxylation sites is 1. The number of aryl methyl sites for hydroxylation is 1. The number of hydrogen-bond acceptors (Lipinski definition) is 4. The van der Waals surface area contributed by atoms with Gasteiger partial charge < -0.3 is 15.2 Å². The maximum Gasteiger partial charge on any atom is 0.218 e. The lowest BCUT2D eigenvalue weighted by molar-refractivity contribution is 0.210. The van der Waals surface area contributed by atoms with Crippen molar-refractivity contribution in [2.75, 3.05) is 13.2 Å². The van der Waals surface area contributed by atoms with E-state index in [0.29, 0.717) is 25.6 Å². The predicted molar refractivity (Wildman–Crippen MR) is 74.3 cm³/mol. The van der Waals surface area contributed by atoms with Gasteiger partial charge in [0.2, 0.25) is 5.88 Å². The third-order valence-electron chi connectivity index (χ3n) is 2.79. The maximum absolute atomic E-state index is 5.70. The van der Waals surface area contributed by atoms with Gasteiger partial charge in [-0.05, 0) is 30.7 Å². The average Bonchev–Trinajstić information content (AvgIpc) is 2.45. The summed E-state index contributed by atoms with van der Waals surface area (Å²) in [4.78, 5) is 4.20. The van der Waals surface area contributed by atoms with E-state index < -0.39 is 0 Å².